The van der Waals surface area contributed by atoms with E-state index in [2.05, 4.69) is 30.7 Å². The average molecular weight is 582 g/mol. The number of carbonyl (C=O) groups is 1. The Hall–Kier alpha value is -3.50. The monoisotopic (exact) mass is 581 g/mol. The minimum Gasteiger partial charge on any atom is -0.508 e. The van der Waals surface area contributed by atoms with E-state index in [1.165, 1.54) is 12.1 Å². The molecule has 3 aromatic rings. The van der Waals surface area contributed by atoms with E-state index in [1.807, 2.05) is 20.8 Å². The first-order valence-corrected chi connectivity index (χ1v) is 15.2. The molecule has 1 aromatic heterocycles. The second kappa shape index (κ2) is 14.1. The van der Waals surface area contributed by atoms with E-state index in [4.69, 9.17) is 19.4 Å². The summed E-state index contributed by atoms with van der Waals surface area (Å²) in [7, 11) is 2.06. The first-order valence-electron chi connectivity index (χ1n) is 15.2. The summed E-state index contributed by atoms with van der Waals surface area (Å²) in [5, 5.41) is 11.8. The molecule has 0 aliphatic carbocycles. The molecule has 3 heterocycles. The Morgan fingerprint density at radius 1 is 1.14 bits per heavy atom. The van der Waals surface area contributed by atoms with Gasteiger partial charge in [0.1, 0.15) is 29.6 Å². The Balaban J connectivity index is 0.00000198. The Labute approximate surface area is 248 Å². The Kier molecular flexibility index (Phi) is 10.6. The molecule has 10 heteroatoms. The smallest absolute Gasteiger partial charge is 0.318 e. The zero-order chi connectivity index (χ0) is 30.4. The molecule has 0 spiro atoms. The molecule has 1 amide bonds. The molecule has 5 rings (SSSR count). The van der Waals surface area contributed by atoms with Gasteiger partial charge in [-0.05, 0) is 55.9 Å². The van der Waals surface area contributed by atoms with E-state index >= 15 is 0 Å². The van der Waals surface area contributed by atoms with Crippen LogP contribution in [0.2, 0.25) is 0 Å². The lowest BCUT2D eigenvalue weighted by Crippen LogP contribution is -2.36. The fourth-order valence-corrected chi connectivity index (χ4v) is 5.63. The van der Waals surface area contributed by atoms with Gasteiger partial charge in [0.05, 0.1) is 24.5 Å². The number of phenols is 1. The molecule has 2 aliphatic heterocycles. The molecule has 0 saturated carbocycles. The molecule has 1 atom stereocenters. The number of carbonyl (C=O) groups excluding carboxylic acids is 1. The van der Waals surface area contributed by atoms with Gasteiger partial charge in [0.2, 0.25) is 0 Å². The number of amides is 1. The summed E-state index contributed by atoms with van der Waals surface area (Å²) in [6, 6.07) is 6.60. The molecular formula is C32H44FN5O4. The van der Waals surface area contributed by atoms with Gasteiger partial charge >= 0.3 is 6.01 Å². The molecule has 0 bridgehead atoms. The van der Waals surface area contributed by atoms with Gasteiger partial charge in [0.25, 0.3) is 5.91 Å². The zero-order valence-corrected chi connectivity index (χ0v) is 25.7. The number of nitrogens with zero attached hydrogens (tertiary/aromatic N) is 5. The number of hydrogen-bond acceptors (Lipinski definition) is 8. The van der Waals surface area contributed by atoms with Crippen molar-refractivity contribution in [3.05, 3.63) is 46.9 Å². The average Bonchev–Trinajstić information content (AvgIpc) is 3.15. The van der Waals surface area contributed by atoms with Gasteiger partial charge < -0.3 is 29.3 Å². The highest BCUT2D eigenvalue weighted by atomic mass is 19.1. The molecule has 228 valence electrons. The second-order valence-corrected chi connectivity index (χ2v) is 10.4. The number of rotatable bonds is 9. The molecule has 9 nitrogen and oxygen atoms in total. The number of phenolic OH excluding ortho intramolecular Hbond substituents is 1. The van der Waals surface area contributed by atoms with Gasteiger partial charge in [0.15, 0.2) is 0 Å². The van der Waals surface area contributed by atoms with E-state index < -0.39 is 0 Å². The van der Waals surface area contributed by atoms with E-state index in [0.717, 1.165) is 19.4 Å². The molecule has 1 N–H and O–H groups in total. The SMILES string of the molecule is CC.CCc1c(F)ccc2cc(O)cc(N3Cc4nc(OCC(CC)N(C)CC)nc(N5CCCOCC5)c4C3=O)c12. The van der Waals surface area contributed by atoms with Crippen LogP contribution in [0.5, 0.6) is 11.8 Å². The summed E-state index contributed by atoms with van der Waals surface area (Å²) in [5.74, 6) is -0.0849. The number of aromatic nitrogens is 2. The molecule has 1 saturated heterocycles. The third kappa shape index (κ3) is 6.29. The number of aryl methyl sites for hydroxylation is 1. The molecule has 2 aromatic carbocycles. The van der Waals surface area contributed by atoms with E-state index in [-0.39, 0.29) is 36.1 Å². The van der Waals surface area contributed by atoms with Crippen LogP contribution >= 0.6 is 0 Å². The van der Waals surface area contributed by atoms with Gasteiger partial charge in [-0.2, -0.15) is 9.97 Å². The van der Waals surface area contributed by atoms with Gasteiger partial charge in [-0.1, -0.05) is 40.7 Å². The number of likely N-dealkylation sites (N-methyl/N-ethyl adjacent to an activating group) is 1. The largest absolute Gasteiger partial charge is 0.508 e. The summed E-state index contributed by atoms with van der Waals surface area (Å²) in [6.07, 6.45) is 2.17. The maximum atomic E-state index is 14.9. The van der Waals surface area contributed by atoms with Crippen molar-refractivity contribution in [2.45, 2.75) is 66.5 Å². The summed E-state index contributed by atoms with van der Waals surface area (Å²) in [4.78, 5) is 29.4. The van der Waals surface area contributed by atoms with Crippen molar-refractivity contribution >= 4 is 28.2 Å². The normalized spacial score (nSPS) is 15.9. The third-order valence-electron chi connectivity index (χ3n) is 8.01. The summed E-state index contributed by atoms with van der Waals surface area (Å²) < 4.78 is 26.7. The predicted octanol–water partition coefficient (Wildman–Crippen LogP) is 5.56. The van der Waals surface area contributed by atoms with Crippen molar-refractivity contribution in [1.29, 1.82) is 0 Å². The lowest BCUT2D eigenvalue weighted by molar-refractivity contribution is 0.0996. The maximum Gasteiger partial charge on any atom is 0.318 e. The van der Waals surface area contributed by atoms with E-state index in [1.54, 1.807) is 17.0 Å². The first-order chi connectivity index (χ1) is 20.4. The summed E-state index contributed by atoms with van der Waals surface area (Å²) >= 11 is 0. The second-order valence-electron chi connectivity index (χ2n) is 10.4. The van der Waals surface area contributed by atoms with Crippen molar-refractivity contribution < 1.29 is 23.8 Å². The van der Waals surface area contributed by atoms with Crippen LogP contribution in [0.25, 0.3) is 10.8 Å². The summed E-state index contributed by atoms with van der Waals surface area (Å²) in [6.45, 7) is 14.0. The Bertz CT molecular complexity index is 1390. The number of ether oxygens (including phenoxy) is 2. The fourth-order valence-electron chi connectivity index (χ4n) is 5.63. The van der Waals surface area contributed by atoms with Crippen molar-refractivity contribution in [2.24, 2.45) is 0 Å². The molecule has 1 fully saturated rings. The standard InChI is InChI=1S/C30H38FN5O4.C2H6/c1-5-20(34(4)7-3)18-40-30-32-24-17-36(29(38)27(24)28(33-30)35-11-8-13-39-14-12-35)25-16-21(37)15-19-9-10-23(31)22(6-2)26(19)25;1-2/h9-10,15-16,20,37H,5-8,11-14,17-18H2,1-4H3;1-2H3. The number of fused-ring (bicyclic) bond motifs is 2. The maximum absolute atomic E-state index is 14.9. The minimum atomic E-state index is -0.339. The van der Waals surface area contributed by atoms with Crippen LogP contribution in [0.3, 0.4) is 0 Å². The topological polar surface area (TPSA) is 91.3 Å². The van der Waals surface area contributed by atoms with Crippen LogP contribution in [0.15, 0.2) is 24.3 Å². The van der Waals surface area contributed by atoms with Crippen LogP contribution in [0.4, 0.5) is 15.9 Å². The highest BCUT2D eigenvalue weighted by Crippen LogP contribution is 2.41. The predicted molar refractivity (Wildman–Crippen MR) is 164 cm³/mol. The van der Waals surface area contributed by atoms with Gasteiger partial charge in [-0.25, -0.2) is 4.39 Å². The number of hydrogen-bond donors (Lipinski definition) is 1. The van der Waals surface area contributed by atoms with E-state index in [0.29, 0.717) is 78.4 Å². The Morgan fingerprint density at radius 3 is 2.64 bits per heavy atom. The number of anilines is 2. The molecular weight excluding hydrogens is 537 g/mol. The summed E-state index contributed by atoms with van der Waals surface area (Å²) in [5.41, 5.74) is 1.93. The third-order valence-corrected chi connectivity index (χ3v) is 8.01. The molecule has 1 unspecified atom stereocenters. The minimum absolute atomic E-state index is 0.00515. The highest BCUT2D eigenvalue weighted by molar-refractivity contribution is 6.16. The highest BCUT2D eigenvalue weighted by Gasteiger charge is 2.37. The van der Waals surface area contributed by atoms with E-state index in [9.17, 15) is 14.3 Å². The first kappa shape index (κ1) is 31.4. The Morgan fingerprint density at radius 2 is 1.93 bits per heavy atom. The zero-order valence-electron chi connectivity index (χ0n) is 25.7. The van der Waals surface area contributed by atoms with Crippen molar-refractivity contribution in [3.63, 3.8) is 0 Å². The quantitative estimate of drug-likeness (QED) is 0.351. The van der Waals surface area contributed by atoms with Gasteiger partial charge in [0, 0.05) is 37.2 Å². The number of halogens is 1. The van der Waals surface area contributed by atoms with Gasteiger partial charge in [-0.3, -0.25) is 4.79 Å². The van der Waals surface area contributed by atoms with Crippen LogP contribution < -0.4 is 14.5 Å². The van der Waals surface area contributed by atoms with Crippen molar-refractivity contribution in [3.8, 4) is 11.8 Å². The van der Waals surface area contributed by atoms with Crippen LogP contribution in [-0.2, 0) is 17.7 Å². The lowest BCUT2D eigenvalue weighted by Gasteiger charge is -2.26. The van der Waals surface area contributed by atoms with Crippen molar-refractivity contribution in [1.82, 2.24) is 14.9 Å². The lowest BCUT2D eigenvalue weighted by atomic mass is 9.99. The molecule has 0 radical (unpaired) electrons. The van der Waals surface area contributed by atoms with Crippen LogP contribution in [0, 0.1) is 5.82 Å². The van der Waals surface area contributed by atoms with Crippen molar-refractivity contribution in [2.75, 3.05) is 56.3 Å². The molecule has 42 heavy (non-hydrogen) atoms. The molecule has 2 aliphatic rings. The van der Waals surface area contributed by atoms with Crippen LogP contribution in [-0.4, -0.2) is 78.4 Å². The number of aromatic hydroxyl groups is 1. The van der Waals surface area contributed by atoms with Crippen LogP contribution in [0.1, 0.15) is 69.1 Å². The van der Waals surface area contributed by atoms with Gasteiger partial charge in [-0.15, -0.1) is 0 Å². The fraction of sp³-hybridized carbons (Fsp3) is 0.531. The number of benzene rings is 2.